The van der Waals surface area contributed by atoms with Crippen LogP contribution >= 0.6 is 11.3 Å². The second kappa shape index (κ2) is 4.94. The third-order valence-electron chi connectivity index (χ3n) is 3.14. The quantitative estimate of drug-likeness (QED) is 0.897. The number of aryl methyl sites for hydroxylation is 2. The summed E-state index contributed by atoms with van der Waals surface area (Å²) in [6, 6.07) is 8.32. The molecule has 0 saturated heterocycles. The van der Waals surface area contributed by atoms with Crippen LogP contribution in [-0.4, -0.2) is 11.1 Å². The molecule has 2 rings (SSSR count). The van der Waals surface area contributed by atoms with Crippen LogP contribution < -0.4 is 0 Å². The third-order valence-corrected chi connectivity index (χ3v) is 4.12. The Kier molecular flexibility index (Phi) is 3.53. The van der Waals surface area contributed by atoms with E-state index < -0.39 is 11.9 Å². The van der Waals surface area contributed by atoms with Gasteiger partial charge in [-0.1, -0.05) is 23.8 Å². The molecule has 0 aliphatic rings. The highest BCUT2D eigenvalue weighted by Gasteiger charge is 2.16. The van der Waals surface area contributed by atoms with Crippen LogP contribution in [-0.2, 0) is 4.79 Å². The molecule has 94 valence electrons. The zero-order chi connectivity index (χ0) is 13.3. The number of thiophene rings is 1. The predicted molar refractivity (Wildman–Crippen MR) is 75.3 cm³/mol. The third kappa shape index (κ3) is 2.46. The van der Waals surface area contributed by atoms with Gasteiger partial charge in [0, 0.05) is 4.88 Å². The molecule has 1 aromatic heterocycles. The average Bonchev–Trinajstić information content (AvgIpc) is 2.77. The number of benzene rings is 1. The van der Waals surface area contributed by atoms with Gasteiger partial charge in [0.1, 0.15) is 0 Å². The molecule has 18 heavy (non-hydrogen) atoms. The van der Waals surface area contributed by atoms with Crippen LogP contribution in [0.5, 0.6) is 0 Å². The summed E-state index contributed by atoms with van der Waals surface area (Å²) >= 11 is 1.61. The largest absolute Gasteiger partial charge is 0.481 e. The monoisotopic (exact) mass is 260 g/mol. The molecule has 0 saturated carbocycles. The lowest BCUT2D eigenvalue weighted by Crippen LogP contribution is -2.05. The Hall–Kier alpha value is -1.61. The van der Waals surface area contributed by atoms with Gasteiger partial charge in [0.25, 0.3) is 0 Å². The summed E-state index contributed by atoms with van der Waals surface area (Å²) < 4.78 is 0. The van der Waals surface area contributed by atoms with Gasteiger partial charge in [-0.3, -0.25) is 4.79 Å². The highest BCUT2D eigenvalue weighted by atomic mass is 32.1. The van der Waals surface area contributed by atoms with E-state index in [-0.39, 0.29) is 0 Å². The fourth-order valence-corrected chi connectivity index (χ4v) is 3.05. The Morgan fingerprint density at radius 2 is 2.00 bits per heavy atom. The molecule has 0 spiro atoms. The van der Waals surface area contributed by atoms with Gasteiger partial charge in [-0.2, -0.15) is 0 Å². The smallest absolute Gasteiger partial charge is 0.310 e. The molecule has 0 aliphatic carbocycles. The van der Waals surface area contributed by atoms with Crippen molar-refractivity contribution in [1.82, 2.24) is 0 Å². The highest BCUT2D eigenvalue weighted by Crippen LogP contribution is 2.32. The van der Waals surface area contributed by atoms with Crippen molar-refractivity contribution >= 4 is 17.3 Å². The summed E-state index contributed by atoms with van der Waals surface area (Å²) in [7, 11) is 0. The van der Waals surface area contributed by atoms with Gasteiger partial charge in [-0.05, 0) is 48.9 Å². The lowest BCUT2D eigenvalue weighted by Gasteiger charge is -2.04. The van der Waals surface area contributed by atoms with Crippen LogP contribution in [0.15, 0.2) is 29.6 Å². The van der Waals surface area contributed by atoms with E-state index in [0.717, 1.165) is 10.4 Å². The zero-order valence-electron chi connectivity index (χ0n) is 10.7. The van der Waals surface area contributed by atoms with Crippen molar-refractivity contribution in [2.45, 2.75) is 26.7 Å². The second-order valence-corrected chi connectivity index (χ2v) is 5.53. The van der Waals surface area contributed by atoms with Crippen molar-refractivity contribution in [2.75, 3.05) is 0 Å². The molecular formula is C15H16O2S. The van der Waals surface area contributed by atoms with Crippen molar-refractivity contribution in [1.29, 1.82) is 0 Å². The molecule has 3 heteroatoms. The number of hydrogen-bond donors (Lipinski definition) is 1. The standard InChI is InChI=1S/C15H16O2S/c1-9-4-5-13(10(2)6-9)14-7-12(8-18-14)11(3)15(16)17/h4-8,11H,1-3H3,(H,16,17). The molecule has 0 fully saturated rings. The molecule has 0 bridgehead atoms. The Bertz CT molecular complexity index is 584. The summed E-state index contributed by atoms with van der Waals surface area (Å²) in [4.78, 5) is 12.1. The topological polar surface area (TPSA) is 37.3 Å². The first-order valence-electron chi connectivity index (χ1n) is 5.88. The molecular weight excluding hydrogens is 244 g/mol. The summed E-state index contributed by atoms with van der Waals surface area (Å²) in [6.45, 7) is 5.88. The SMILES string of the molecule is Cc1ccc(-c2cc(C(C)C(=O)O)cs2)c(C)c1. The van der Waals surface area contributed by atoms with E-state index in [1.165, 1.54) is 16.7 Å². The van der Waals surface area contributed by atoms with Crippen LogP contribution in [0, 0.1) is 13.8 Å². The predicted octanol–water partition coefficient (Wildman–Crippen LogP) is 4.22. The van der Waals surface area contributed by atoms with E-state index in [0.29, 0.717) is 0 Å². The van der Waals surface area contributed by atoms with Gasteiger partial charge in [0.2, 0.25) is 0 Å². The van der Waals surface area contributed by atoms with Gasteiger partial charge in [-0.15, -0.1) is 11.3 Å². The number of carbonyl (C=O) groups is 1. The molecule has 2 aromatic rings. The molecule has 0 aliphatic heterocycles. The number of aliphatic carboxylic acids is 1. The van der Waals surface area contributed by atoms with E-state index in [1.807, 2.05) is 11.4 Å². The van der Waals surface area contributed by atoms with Gasteiger partial charge in [0.05, 0.1) is 5.92 Å². The van der Waals surface area contributed by atoms with Crippen LogP contribution in [0.25, 0.3) is 10.4 Å². The van der Waals surface area contributed by atoms with Crippen molar-refractivity contribution < 1.29 is 9.90 Å². The summed E-state index contributed by atoms with van der Waals surface area (Å²) in [5.41, 5.74) is 4.54. The van der Waals surface area contributed by atoms with E-state index in [2.05, 4.69) is 32.0 Å². The van der Waals surface area contributed by atoms with Crippen LogP contribution in [0.4, 0.5) is 0 Å². The first kappa shape index (κ1) is 12.8. The summed E-state index contributed by atoms with van der Waals surface area (Å²) in [6.07, 6.45) is 0. The molecule has 1 aromatic carbocycles. The Balaban J connectivity index is 2.38. The van der Waals surface area contributed by atoms with Crippen LogP contribution in [0.1, 0.15) is 29.5 Å². The fourth-order valence-electron chi connectivity index (χ4n) is 1.95. The maximum Gasteiger partial charge on any atom is 0.310 e. The van der Waals surface area contributed by atoms with Gasteiger partial charge in [-0.25, -0.2) is 0 Å². The van der Waals surface area contributed by atoms with Gasteiger partial charge in [0.15, 0.2) is 0 Å². The number of hydrogen-bond acceptors (Lipinski definition) is 2. The Labute approximate surface area is 111 Å². The van der Waals surface area contributed by atoms with E-state index in [4.69, 9.17) is 5.11 Å². The van der Waals surface area contributed by atoms with Crippen LogP contribution in [0.2, 0.25) is 0 Å². The lowest BCUT2D eigenvalue weighted by molar-refractivity contribution is -0.138. The number of carboxylic acid groups (broad SMARTS) is 1. The molecule has 0 radical (unpaired) electrons. The van der Waals surface area contributed by atoms with Crippen molar-refractivity contribution in [2.24, 2.45) is 0 Å². The van der Waals surface area contributed by atoms with E-state index >= 15 is 0 Å². The van der Waals surface area contributed by atoms with Crippen LogP contribution in [0.3, 0.4) is 0 Å². The zero-order valence-corrected chi connectivity index (χ0v) is 11.5. The minimum Gasteiger partial charge on any atom is -0.481 e. The fraction of sp³-hybridized carbons (Fsp3) is 0.267. The maximum atomic E-state index is 11.0. The Morgan fingerprint density at radius 1 is 1.28 bits per heavy atom. The number of rotatable bonds is 3. The minimum atomic E-state index is -0.778. The first-order valence-corrected chi connectivity index (χ1v) is 6.76. The second-order valence-electron chi connectivity index (χ2n) is 4.62. The summed E-state index contributed by atoms with van der Waals surface area (Å²) in [5.74, 6) is -1.22. The van der Waals surface area contributed by atoms with Crippen molar-refractivity contribution in [3.05, 3.63) is 46.3 Å². The maximum absolute atomic E-state index is 11.0. The first-order chi connectivity index (χ1) is 8.49. The highest BCUT2D eigenvalue weighted by molar-refractivity contribution is 7.13. The molecule has 1 heterocycles. The van der Waals surface area contributed by atoms with Gasteiger partial charge < -0.3 is 5.11 Å². The van der Waals surface area contributed by atoms with Crippen molar-refractivity contribution in [3.63, 3.8) is 0 Å². The molecule has 1 unspecified atom stereocenters. The summed E-state index contributed by atoms with van der Waals surface area (Å²) in [5, 5.41) is 10.9. The Morgan fingerprint density at radius 3 is 2.61 bits per heavy atom. The van der Waals surface area contributed by atoms with E-state index in [9.17, 15) is 4.79 Å². The average molecular weight is 260 g/mol. The molecule has 2 nitrogen and oxygen atoms in total. The normalized spacial score (nSPS) is 12.4. The van der Waals surface area contributed by atoms with Gasteiger partial charge >= 0.3 is 5.97 Å². The molecule has 0 amide bonds. The minimum absolute atomic E-state index is 0.444. The van der Waals surface area contributed by atoms with E-state index in [1.54, 1.807) is 18.3 Å². The molecule has 1 atom stereocenters. The molecule has 1 N–H and O–H groups in total. The number of carboxylic acids is 1. The lowest BCUT2D eigenvalue weighted by atomic mass is 10.0. The van der Waals surface area contributed by atoms with Crippen molar-refractivity contribution in [3.8, 4) is 10.4 Å².